The van der Waals surface area contributed by atoms with Crippen LogP contribution in [-0.4, -0.2) is 31.3 Å². The summed E-state index contributed by atoms with van der Waals surface area (Å²) in [6, 6.07) is 16.1. The molecule has 0 aliphatic carbocycles. The zero-order valence-corrected chi connectivity index (χ0v) is 16.0. The first-order valence-electron chi connectivity index (χ1n) is 8.34. The van der Waals surface area contributed by atoms with Crippen LogP contribution < -0.4 is 4.74 Å². The average Bonchev–Trinajstić information content (AvgIpc) is 3.33. The Bertz CT molecular complexity index is 1260. The minimum absolute atomic E-state index is 0.779. The zero-order chi connectivity index (χ0) is 18.4. The van der Waals surface area contributed by atoms with Gasteiger partial charge in [0.15, 0.2) is 11.3 Å². The molecule has 0 fully saturated rings. The largest absolute Gasteiger partial charge is 0.497 e. The lowest BCUT2D eigenvalue weighted by atomic mass is 10.1. The van der Waals surface area contributed by atoms with Gasteiger partial charge in [-0.3, -0.25) is 4.40 Å². The molecule has 3 aromatic heterocycles. The number of methoxy groups -OCH3 is 1. The van der Waals surface area contributed by atoms with Gasteiger partial charge in [0.05, 0.1) is 12.5 Å². The van der Waals surface area contributed by atoms with Crippen molar-refractivity contribution in [1.82, 2.24) is 24.1 Å². The van der Waals surface area contributed by atoms with Crippen molar-refractivity contribution in [3.8, 4) is 22.6 Å². The molecule has 7 heteroatoms. The number of hydrogen-bond acceptors (Lipinski definition) is 4. The van der Waals surface area contributed by atoms with E-state index < -0.39 is 0 Å². The predicted molar refractivity (Wildman–Crippen MR) is 107 cm³/mol. The Hall–Kier alpha value is -3.19. The Balaban J connectivity index is 1.83. The van der Waals surface area contributed by atoms with Crippen LogP contribution in [0.4, 0.5) is 0 Å². The van der Waals surface area contributed by atoms with Crippen LogP contribution in [0.5, 0.6) is 5.75 Å². The van der Waals surface area contributed by atoms with Crippen LogP contribution in [0.1, 0.15) is 0 Å². The van der Waals surface area contributed by atoms with E-state index >= 15 is 0 Å². The van der Waals surface area contributed by atoms with E-state index in [2.05, 4.69) is 54.0 Å². The van der Waals surface area contributed by atoms with Gasteiger partial charge in [-0.2, -0.15) is 0 Å². The highest BCUT2D eigenvalue weighted by Crippen LogP contribution is 2.34. The minimum atomic E-state index is 0.779. The quantitative estimate of drug-likeness (QED) is 0.431. The topological polar surface area (TPSA) is 57.2 Å². The van der Waals surface area contributed by atoms with E-state index in [1.165, 1.54) is 0 Å². The molecule has 27 heavy (non-hydrogen) atoms. The van der Waals surface area contributed by atoms with Crippen molar-refractivity contribution in [3.05, 3.63) is 71.9 Å². The SMILES string of the molecule is COc1ccc(-c2cn(-c3ccc(Br)cc3)c3ncn4cnnc4c23)cc1. The van der Waals surface area contributed by atoms with Crippen molar-refractivity contribution in [2.45, 2.75) is 0 Å². The lowest BCUT2D eigenvalue weighted by Gasteiger charge is -2.04. The molecule has 6 nitrogen and oxygen atoms in total. The van der Waals surface area contributed by atoms with Crippen molar-refractivity contribution >= 4 is 32.6 Å². The molecule has 0 saturated heterocycles. The smallest absolute Gasteiger partial charge is 0.173 e. The maximum absolute atomic E-state index is 5.29. The van der Waals surface area contributed by atoms with E-state index in [1.54, 1.807) is 19.8 Å². The highest BCUT2D eigenvalue weighted by molar-refractivity contribution is 9.10. The molecule has 0 atom stereocenters. The Morgan fingerprint density at radius 2 is 1.70 bits per heavy atom. The lowest BCUT2D eigenvalue weighted by Crippen LogP contribution is -1.95. The van der Waals surface area contributed by atoms with Gasteiger partial charge in [-0.15, -0.1) is 10.2 Å². The molecule has 5 aromatic rings. The minimum Gasteiger partial charge on any atom is -0.497 e. The molecule has 5 rings (SSSR count). The molecular formula is C20H14BrN5O. The summed E-state index contributed by atoms with van der Waals surface area (Å²) in [6.07, 6.45) is 5.50. The molecule has 3 heterocycles. The van der Waals surface area contributed by atoms with Gasteiger partial charge < -0.3 is 9.30 Å². The maximum atomic E-state index is 5.29. The van der Waals surface area contributed by atoms with Gasteiger partial charge in [-0.25, -0.2) is 4.98 Å². The molecule has 132 valence electrons. The Kier molecular flexibility index (Phi) is 3.68. The fourth-order valence-electron chi connectivity index (χ4n) is 3.25. The second kappa shape index (κ2) is 6.21. The van der Waals surface area contributed by atoms with Crippen molar-refractivity contribution in [2.24, 2.45) is 0 Å². The van der Waals surface area contributed by atoms with Crippen LogP contribution in [0.2, 0.25) is 0 Å². The molecule has 0 bridgehead atoms. The molecule has 0 radical (unpaired) electrons. The molecule has 0 saturated carbocycles. The van der Waals surface area contributed by atoms with Gasteiger partial charge in [-0.1, -0.05) is 28.1 Å². The number of hydrogen-bond donors (Lipinski definition) is 0. The number of aromatic nitrogens is 5. The van der Waals surface area contributed by atoms with Crippen molar-refractivity contribution in [3.63, 3.8) is 0 Å². The first kappa shape index (κ1) is 16.0. The fourth-order valence-corrected chi connectivity index (χ4v) is 3.52. The molecule has 0 aliphatic rings. The molecule has 0 aliphatic heterocycles. The van der Waals surface area contributed by atoms with Crippen LogP contribution in [0.3, 0.4) is 0 Å². The Labute approximate surface area is 163 Å². The number of fused-ring (bicyclic) bond motifs is 3. The number of benzene rings is 2. The summed E-state index contributed by atoms with van der Waals surface area (Å²) < 4.78 is 10.2. The summed E-state index contributed by atoms with van der Waals surface area (Å²) in [5, 5.41) is 9.32. The van der Waals surface area contributed by atoms with E-state index in [4.69, 9.17) is 4.74 Å². The van der Waals surface area contributed by atoms with E-state index in [1.807, 2.05) is 40.8 Å². The normalized spacial score (nSPS) is 11.3. The van der Waals surface area contributed by atoms with E-state index in [0.29, 0.717) is 0 Å². The summed E-state index contributed by atoms with van der Waals surface area (Å²) in [6.45, 7) is 0. The second-order valence-electron chi connectivity index (χ2n) is 6.12. The average molecular weight is 420 g/mol. The number of rotatable bonds is 3. The summed E-state index contributed by atoms with van der Waals surface area (Å²) in [5.41, 5.74) is 4.75. The van der Waals surface area contributed by atoms with Gasteiger partial charge in [0.2, 0.25) is 0 Å². The highest BCUT2D eigenvalue weighted by Gasteiger charge is 2.17. The number of halogens is 1. The molecule has 2 aromatic carbocycles. The first-order chi connectivity index (χ1) is 13.2. The van der Waals surface area contributed by atoms with Crippen LogP contribution in [0.25, 0.3) is 33.5 Å². The summed E-state index contributed by atoms with van der Waals surface area (Å²) in [5.74, 6) is 0.821. The number of nitrogens with zero attached hydrogens (tertiary/aromatic N) is 5. The fraction of sp³-hybridized carbons (Fsp3) is 0.0500. The highest BCUT2D eigenvalue weighted by atomic mass is 79.9. The van der Waals surface area contributed by atoms with E-state index in [9.17, 15) is 0 Å². The molecule has 0 unspecified atom stereocenters. The predicted octanol–water partition coefficient (Wildman–Crippen LogP) is 4.51. The van der Waals surface area contributed by atoms with Gasteiger partial charge in [0.25, 0.3) is 0 Å². The third-order valence-electron chi connectivity index (χ3n) is 4.59. The van der Waals surface area contributed by atoms with Crippen molar-refractivity contribution < 1.29 is 4.74 Å². The van der Waals surface area contributed by atoms with E-state index in [-0.39, 0.29) is 0 Å². The summed E-state index contributed by atoms with van der Waals surface area (Å²) in [4.78, 5) is 4.67. The Morgan fingerprint density at radius 1 is 0.926 bits per heavy atom. The first-order valence-corrected chi connectivity index (χ1v) is 9.13. The molecular weight excluding hydrogens is 406 g/mol. The van der Waals surface area contributed by atoms with Gasteiger partial charge in [0.1, 0.15) is 18.4 Å². The molecule has 0 N–H and O–H groups in total. The van der Waals surface area contributed by atoms with Crippen LogP contribution in [0.15, 0.2) is 71.9 Å². The molecule has 0 spiro atoms. The number of ether oxygens (including phenoxy) is 1. The second-order valence-corrected chi connectivity index (χ2v) is 7.04. The Morgan fingerprint density at radius 3 is 2.44 bits per heavy atom. The lowest BCUT2D eigenvalue weighted by molar-refractivity contribution is 0.415. The standard InChI is InChI=1S/C20H14BrN5O/c1-27-16-8-2-13(3-9-16)17-10-26(15-6-4-14(21)5-7-15)19-18(17)20-24-23-12-25(20)11-22-19/h2-12H,1H3. The third-order valence-corrected chi connectivity index (χ3v) is 5.11. The summed E-state index contributed by atoms with van der Waals surface area (Å²) >= 11 is 3.49. The van der Waals surface area contributed by atoms with Crippen molar-refractivity contribution in [1.29, 1.82) is 0 Å². The molecule has 0 amide bonds. The van der Waals surface area contributed by atoms with E-state index in [0.717, 1.165) is 43.7 Å². The van der Waals surface area contributed by atoms with Crippen LogP contribution in [0, 0.1) is 0 Å². The van der Waals surface area contributed by atoms with Gasteiger partial charge >= 0.3 is 0 Å². The maximum Gasteiger partial charge on any atom is 0.173 e. The monoisotopic (exact) mass is 419 g/mol. The van der Waals surface area contributed by atoms with Gasteiger partial charge in [0, 0.05) is 21.9 Å². The third kappa shape index (κ3) is 2.59. The van der Waals surface area contributed by atoms with Crippen LogP contribution in [-0.2, 0) is 0 Å². The van der Waals surface area contributed by atoms with Crippen LogP contribution >= 0.6 is 15.9 Å². The van der Waals surface area contributed by atoms with Crippen molar-refractivity contribution in [2.75, 3.05) is 7.11 Å². The summed E-state index contributed by atoms with van der Waals surface area (Å²) in [7, 11) is 1.66. The van der Waals surface area contributed by atoms with Gasteiger partial charge in [-0.05, 0) is 42.0 Å². The zero-order valence-electron chi connectivity index (χ0n) is 14.4.